The summed E-state index contributed by atoms with van der Waals surface area (Å²) in [7, 11) is 0. The van der Waals surface area contributed by atoms with Crippen molar-refractivity contribution in [2.24, 2.45) is 23.7 Å². The second kappa shape index (κ2) is 4.54. The van der Waals surface area contributed by atoms with E-state index in [0.29, 0.717) is 11.7 Å². The molecular weight excluding hydrogens is 376 g/mol. The van der Waals surface area contributed by atoms with Crippen molar-refractivity contribution in [2.45, 2.75) is 17.7 Å². The summed E-state index contributed by atoms with van der Waals surface area (Å²) >= 11 is 10.6. The number of alkyl halides is 3. The van der Waals surface area contributed by atoms with Gasteiger partial charge < -0.3 is 0 Å². The molecule has 0 aromatic carbocycles. The van der Waals surface area contributed by atoms with Gasteiger partial charge in [-0.1, -0.05) is 47.8 Å². The molecule has 0 aromatic heterocycles. The average Bonchev–Trinajstić information content (AvgIpc) is 2.35. The smallest absolute Gasteiger partial charge is 0.146 e. The summed E-state index contributed by atoms with van der Waals surface area (Å²) in [6.45, 7) is 0. The Labute approximate surface area is 110 Å². The molecule has 0 spiro atoms. The summed E-state index contributed by atoms with van der Waals surface area (Å²) in [5.74, 6) is 3.21. The number of ketones is 1. The SMILES string of the molecule is O=C1CC2[C@@H](CBr)C(CC1Br)[C@H]2CBr. The van der Waals surface area contributed by atoms with Crippen LogP contribution in [-0.2, 0) is 4.79 Å². The molecule has 3 aliphatic rings. The van der Waals surface area contributed by atoms with Gasteiger partial charge in [0.05, 0.1) is 4.83 Å². The largest absolute Gasteiger partial charge is 0.298 e. The molecule has 1 nitrogen and oxygen atoms in total. The zero-order chi connectivity index (χ0) is 10.3. The first-order valence-electron chi connectivity index (χ1n) is 4.97. The predicted molar refractivity (Wildman–Crippen MR) is 68.5 cm³/mol. The molecule has 3 unspecified atom stereocenters. The van der Waals surface area contributed by atoms with Gasteiger partial charge in [0.25, 0.3) is 0 Å². The number of halogens is 3. The van der Waals surface area contributed by atoms with Crippen LogP contribution in [0.5, 0.6) is 0 Å². The molecule has 3 aliphatic carbocycles. The van der Waals surface area contributed by atoms with Gasteiger partial charge in [-0.05, 0) is 30.1 Å². The maximum absolute atomic E-state index is 11.7. The molecule has 0 aliphatic heterocycles. The highest BCUT2D eigenvalue weighted by molar-refractivity contribution is 9.10. The Morgan fingerprint density at radius 1 is 1.14 bits per heavy atom. The minimum atomic E-state index is 0.114. The van der Waals surface area contributed by atoms with Crippen molar-refractivity contribution in [1.82, 2.24) is 0 Å². The molecule has 80 valence electrons. The number of hydrogen-bond donors (Lipinski definition) is 0. The Kier molecular flexibility index (Phi) is 3.76. The van der Waals surface area contributed by atoms with E-state index in [4.69, 9.17) is 0 Å². The van der Waals surface area contributed by atoms with Crippen molar-refractivity contribution in [3.05, 3.63) is 0 Å². The van der Waals surface area contributed by atoms with Crippen LogP contribution in [0.15, 0.2) is 0 Å². The van der Waals surface area contributed by atoms with Crippen LogP contribution in [-0.4, -0.2) is 21.3 Å². The summed E-state index contributed by atoms with van der Waals surface area (Å²) in [5.41, 5.74) is 0. The van der Waals surface area contributed by atoms with Crippen molar-refractivity contribution in [1.29, 1.82) is 0 Å². The van der Waals surface area contributed by atoms with Gasteiger partial charge >= 0.3 is 0 Å². The lowest BCUT2D eigenvalue weighted by Crippen LogP contribution is -2.47. The van der Waals surface area contributed by atoms with Gasteiger partial charge in [0, 0.05) is 17.1 Å². The molecule has 5 atom stereocenters. The van der Waals surface area contributed by atoms with Crippen molar-refractivity contribution >= 4 is 53.6 Å². The molecule has 3 rings (SSSR count). The van der Waals surface area contributed by atoms with Crippen LogP contribution in [0.25, 0.3) is 0 Å². The molecule has 4 heteroatoms. The second-order valence-electron chi connectivity index (χ2n) is 4.34. The van der Waals surface area contributed by atoms with E-state index in [0.717, 1.165) is 41.3 Å². The van der Waals surface area contributed by atoms with Gasteiger partial charge in [0.2, 0.25) is 0 Å². The summed E-state index contributed by atoms with van der Waals surface area (Å²) in [6, 6.07) is 0. The van der Waals surface area contributed by atoms with E-state index < -0.39 is 0 Å². The quantitative estimate of drug-likeness (QED) is 0.663. The van der Waals surface area contributed by atoms with Crippen LogP contribution in [0, 0.1) is 23.7 Å². The zero-order valence-corrected chi connectivity index (χ0v) is 12.5. The number of fused-ring (bicyclic) bond motifs is 3. The molecule has 3 fully saturated rings. The van der Waals surface area contributed by atoms with Crippen LogP contribution >= 0.6 is 47.8 Å². The van der Waals surface area contributed by atoms with E-state index in [1.165, 1.54) is 0 Å². The van der Waals surface area contributed by atoms with Gasteiger partial charge in [-0.15, -0.1) is 0 Å². The first-order chi connectivity index (χ1) is 6.69. The van der Waals surface area contributed by atoms with Crippen LogP contribution in [0.2, 0.25) is 0 Å². The molecule has 0 aromatic rings. The van der Waals surface area contributed by atoms with Crippen molar-refractivity contribution in [2.75, 3.05) is 10.7 Å². The van der Waals surface area contributed by atoms with Gasteiger partial charge in [0.1, 0.15) is 5.78 Å². The summed E-state index contributed by atoms with van der Waals surface area (Å²) in [6.07, 6.45) is 1.81. The Morgan fingerprint density at radius 2 is 1.71 bits per heavy atom. The molecule has 0 radical (unpaired) electrons. The van der Waals surface area contributed by atoms with Gasteiger partial charge in [-0.25, -0.2) is 0 Å². The number of hydrogen-bond acceptors (Lipinski definition) is 1. The van der Waals surface area contributed by atoms with Crippen LogP contribution in [0.1, 0.15) is 12.8 Å². The maximum atomic E-state index is 11.7. The van der Waals surface area contributed by atoms with E-state index in [1.807, 2.05) is 0 Å². The lowest BCUT2D eigenvalue weighted by Gasteiger charge is -2.49. The molecule has 0 saturated heterocycles. The molecule has 2 bridgehead atoms. The normalized spacial score (nSPS) is 47.1. The van der Waals surface area contributed by atoms with E-state index in [-0.39, 0.29) is 4.83 Å². The van der Waals surface area contributed by atoms with Crippen LogP contribution < -0.4 is 0 Å². The third-order valence-corrected chi connectivity index (χ3v) is 6.20. The number of carbonyl (C=O) groups excluding carboxylic acids is 1. The third kappa shape index (κ3) is 1.75. The van der Waals surface area contributed by atoms with E-state index in [9.17, 15) is 4.79 Å². The highest BCUT2D eigenvalue weighted by atomic mass is 79.9. The highest BCUT2D eigenvalue weighted by Gasteiger charge is 2.52. The van der Waals surface area contributed by atoms with Gasteiger partial charge in [-0.3, -0.25) is 4.79 Å². The topological polar surface area (TPSA) is 17.1 Å². The standard InChI is InChI=1S/C10H13Br3O/c11-3-7-5-1-9(13)10(14)2-6(7)8(5)4-12/h5-9H,1-4H2/t5?,6?,7-,8+,9?. The fourth-order valence-electron chi connectivity index (χ4n) is 2.97. The van der Waals surface area contributed by atoms with E-state index >= 15 is 0 Å². The molecular formula is C10H13Br3O. The van der Waals surface area contributed by atoms with E-state index in [2.05, 4.69) is 47.8 Å². The second-order valence-corrected chi connectivity index (χ2v) is 6.74. The van der Waals surface area contributed by atoms with Crippen molar-refractivity contribution in [3.63, 3.8) is 0 Å². The van der Waals surface area contributed by atoms with Crippen LogP contribution in [0.4, 0.5) is 0 Å². The summed E-state index contributed by atoms with van der Waals surface area (Å²) in [5, 5.41) is 2.11. The molecule has 3 saturated carbocycles. The monoisotopic (exact) mass is 386 g/mol. The fourth-order valence-corrected chi connectivity index (χ4v) is 5.50. The number of carbonyl (C=O) groups is 1. The first kappa shape index (κ1) is 11.6. The van der Waals surface area contributed by atoms with E-state index in [1.54, 1.807) is 0 Å². The maximum Gasteiger partial charge on any atom is 0.146 e. The average molecular weight is 389 g/mol. The Hall–Kier alpha value is 1.11. The van der Waals surface area contributed by atoms with Crippen LogP contribution in [0.3, 0.4) is 0 Å². The van der Waals surface area contributed by atoms with Crippen molar-refractivity contribution in [3.8, 4) is 0 Å². The van der Waals surface area contributed by atoms with Gasteiger partial charge in [0.15, 0.2) is 0 Å². The van der Waals surface area contributed by atoms with Crippen molar-refractivity contribution < 1.29 is 4.79 Å². The Bertz CT molecular complexity index is 232. The third-order valence-electron chi connectivity index (χ3n) is 3.82. The first-order valence-corrected chi connectivity index (χ1v) is 8.13. The van der Waals surface area contributed by atoms with Gasteiger partial charge in [-0.2, -0.15) is 0 Å². The zero-order valence-electron chi connectivity index (χ0n) is 7.76. The number of Topliss-reactive ketones (excluding diaryl/α,β-unsaturated/α-hetero) is 1. The molecule has 0 N–H and O–H groups in total. The lowest BCUT2D eigenvalue weighted by atomic mass is 9.57. The Balaban J connectivity index is 2.16. The fraction of sp³-hybridized carbons (Fsp3) is 0.900. The minimum Gasteiger partial charge on any atom is -0.298 e. The summed E-state index contributed by atoms with van der Waals surface area (Å²) in [4.78, 5) is 11.8. The molecule has 14 heavy (non-hydrogen) atoms. The Morgan fingerprint density at radius 3 is 2.21 bits per heavy atom. The lowest BCUT2D eigenvalue weighted by molar-refractivity contribution is -0.119. The summed E-state index contributed by atoms with van der Waals surface area (Å²) < 4.78 is 0. The number of rotatable bonds is 2. The highest BCUT2D eigenvalue weighted by Crippen LogP contribution is 2.54. The molecule has 0 amide bonds. The minimum absolute atomic E-state index is 0.114. The molecule has 0 heterocycles. The predicted octanol–water partition coefficient (Wildman–Crippen LogP) is 3.38.